The molecular weight excluding hydrogens is 454 g/mol. The predicted octanol–water partition coefficient (Wildman–Crippen LogP) is 4.52. The van der Waals surface area contributed by atoms with Gasteiger partial charge < -0.3 is 24.5 Å². The number of hydrogen-bond donors (Lipinski definition) is 2. The Morgan fingerprint density at radius 3 is 2.50 bits per heavy atom. The van der Waals surface area contributed by atoms with E-state index >= 15 is 0 Å². The van der Waals surface area contributed by atoms with Crippen molar-refractivity contribution in [3.05, 3.63) is 42.5 Å². The Balaban J connectivity index is 1.50. The molecule has 0 atom stereocenters. The van der Waals surface area contributed by atoms with E-state index in [1.54, 1.807) is 12.1 Å². The molecule has 9 heteroatoms. The number of nitrogens with one attached hydrogen (secondary N) is 1. The number of nitrogens with two attached hydrogens (primary N) is 1. The summed E-state index contributed by atoms with van der Waals surface area (Å²) in [6.07, 6.45) is 3.84. The van der Waals surface area contributed by atoms with Crippen LogP contribution in [-0.2, 0) is 19.5 Å². The Labute approximate surface area is 200 Å². The first-order valence-corrected chi connectivity index (χ1v) is 13.5. The zero-order valence-corrected chi connectivity index (χ0v) is 20.1. The van der Waals surface area contributed by atoms with Gasteiger partial charge in [0, 0.05) is 22.7 Å². The number of nitrogens with zero attached hydrogens (tertiary/aromatic N) is 1. The summed E-state index contributed by atoms with van der Waals surface area (Å²) in [5.74, 6) is 0.831. The monoisotopic (exact) mass is 485 g/mol. The van der Waals surface area contributed by atoms with Gasteiger partial charge in [-0.25, -0.2) is 8.42 Å². The largest absolute Gasteiger partial charge is 0.486 e. The van der Waals surface area contributed by atoms with Gasteiger partial charge in [-0.3, -0.25) is 4.72 Å². The van der Waals surface area contributed by atoms with E-state index in [2.05, 4.69) is 15.4 Å². The van der Waals surface area contributed by atoms with E-state index < -0.39 is 10.0 Å². The molecule has 2 aromatic carbocycles. The van der Waals surface area contributed by atoms with Crippen molar-refractivity contribution in [2.75, 3.05) is 36.2 Å². The molecule has 2 aliphatic rings. The zero-order valence-electron chi connectivity index (χ0n) is 19.3. The minimum Gasteiger partial charge on any atom is -0.486 e. The van der Waals surface area contributed by atoms with E-state index in [-0.39, 0.29) is 11.9 Å². The van der Waals surface area contributed by atoms with Crippen molar-refractivity contribution in [2.45, 2.75) is 44.8 Å². The molecule has 1 saturated carbocycles. The van der Waals surface area contributed by atoms with Gasteiger partial charge in [-0.05, 0) is 56.0 Å². The third kappa shape index (κ3) is 4.60. The standard InChI is InChI=1S/C25H31N3O5S/c1-2-12-34(29,30)27-18-8-6-17(7-9-18)25-24(26)22-13-20(33-21-14-31-16-32-15-21)10-11-23(22)28(25)19-4-3-5-19/h6-11,13,19,21,27H,2-5,12,14-16,26H2,1H3. The normalized spacial score (nSPS) is 17.6. The molecule has 0 unspecified atom stereocenters. The Kier molecular flexibility index (Phi) is 6.42. The second-order valence-electron chi connectivity index (χ2n) is 8.99. The van der Waals surface area contributed by atoms with Gasteiger partial charge in [0.2, 0.25) is 10.0 Å². The highest BCUT2D eigenvalue weighted by atomic mass is 32.2. The quantitative estimate of drug-likeness (QED) is 0.486. The number of nitrogen functional groups attached to an aromatic ring is 1. The van der Waals surface area contributed by atoms with Crippen molar-refractivity contribution in [2.24, 2.45) is 0 Å². The molecule has 8 nitrogen and oxygen atoms in total. The van der Waals surface area contributed by atoms with Gasteiger partial charge >= 0.3 is 0 Å². The highest BCUT2D eigenvalue weighted by Crippen LogP contribution is 2.45. The van der Waals surface area contributed by atoms with Crippen LogP contribution >= 0.6 is 0 Å². The molecule has 2 fully saturated rings. The molecule has 0 radical (unpaired) electrons. The minimum atomic E-state index is -3.34. The topological polar surface area (TPSA) is 105 Å². The first-order valence-electron chi connectivity index (χ1n) is 11.8. The molecular formula is C25H31N3O5S. The van der Waals surface area contributed by atoms with Crippen molar-refractivity contribution >= 4 is 32.3 Å². The van der Waals surface area contributed by atoms with Gasteiger partial charge in [-0.1, -0.05) is 19.1 Å². The van der Waals surface area contributed by atoms with Crippen LogP contribution in [0.1, 0.15) is 38.6 Å². The molecule has 34 heavy (non-hydrogen) atoms. The summed E-state index contributed by atoms with van der Waals surface area (Å²) >= 11 is 0. The fraction of sp³-hybridized carbons (Fsp3) is 0.440. The van der Waals surface area contributed by atoms with E-state index in [1.165, 1.54) is 6.42 Å². The molecule has 5 rings (SSSR count). The predicted molar refractivity (Wildman–Crippen MR) is 134 cm³/mol. The lowest BCUT2D eigenvalue weighted by molar-refractivity contribution is -0.143. The number of anilines is 2. The van der Waals surface area contributed by atoms with Crippen LogP contribution in [0.15, 0.2) is 42.5 Å². The zero-order chi connectivity index (χ0) is 23.7. The summed E-state index contributed by atoms with van der Waals surface area (Å²) in [5, 5.41) is 0.949. The van der Waals surface area contributed by atoms with E-state index in [0.717, 1.165) is 40.8 Å². The average molecular weight is 486 g/mol. The Bertz CT molecular complexity index is 1260. The maximum absolute atomic E-state index is 12.1. The van der Waals surface area contributed by atoms with Gasteiger partial charge in [0.15, 0.2) is 0 Å². The van der Waals surface area contributed by atoms with Crippen molar-refractivity contribution in [1.29, 1.82) is 0 Å². The molecule has 2 heterocycles. The smallest absolute Gasteiger partial charge is 0.232 e. The third-order valence-electron chi connectivity index (χ3n) is 6.44. The fourth-order valence-electron chi connectivity index (χ4n) is 4.63. The molecule has 0 bridgehead atoms. The second kappa shape index (κ2) is 9.48. The molecule has 1 aromatic heterocycles. The molecule has 1 aliphatic carbocycles. The Morgan fingerprint density at radius 2 is 1.85 bits per heavy atom. The highest BCUT2D eigenvalue weighted by molar-refractivity contribution is 7.92. The number of aromatic nitrogens is 1. The van der Waals surface area contributed by atoms with Gasteiger partial charge in [-0.2, -0.15) is 0 Å². The fourth-order valence-corrected chi connectivity index (χ4v) is 5.77. The number of ether oxygens (including phenoxy) is 3. The van der Waals surface area contributed by atoms with Crippen LogP contribution in [0.2, 0.25) is 0 Å². The lowest BCUT2D eigenvalue weighted by Gasteiger charge is -2.30. The van der Waals surface area contributed by atoms with Gasteiger partial charge in [0.25, 0.3) is 0 Å². The third-order valence-corrected chi connectivity index (χ3v) is 7.93. The van der Waals surface area contributed by atoms with E-state index in [4.69, 9.17) is 19.9 Å². The van der Waals surface area contributed by atoms with Crippen LogP contribution in [0.5, 0.6) is 5.75 Å². The molecule has 0 amide bonds. The Morgan fingerprint density at radius 1 is 1.12 bits per heavy atom. The molecule has 0 spiro atoms. The van der Waals surface area contributed by atoms with Gasteiger partial charge in [-0.15, -0.1) is 0 Å². The van der Waals surface area contributed by atoms with Crippen molar-refractivity contribution in [3.8, 4) is 17.0 Å². The second-order valence-corrected chi connectivity index (χ2v) is 10.8. The van der Waals surface area contributed by atoms with Crippen LogP contribution < -0.4 is 15.2 Å². The first-order chi connectivity index (χ1) is 16.4. The van der Waals surface area contributed by atoms with Crippen molar-refractivity contribution in [1.82, 2.24) is 4.57 Å². The maximum Gasteiger partial charge on any atom is 0.232 e. The first kappa shape index (κ1) is 23.0. The summed E-state index contributed by atoms with van der Waals surface area (Å²) in [4.78, 5) is 0. The number of benzene rings is 2. The lowest BCUT2D eigenvalue weighted by Crippen LogP contribution is -2.33. The number of sulfonamides is 1. The van der Waals surface area contributed by atoms with Crippen molar-refractivity contribution in [3.63, 3.8) is 0 Å². The summed E-state index contributed by atoms with van der Waals surface area (Å²) in [6, 6.07) is 13.9. The molecule has 3 N–H and O–H groups in total. The molecule has 3 aromatic rings. The molecule has 1 saturated heterocycles. The number of fused-ring (bicyclic) bond motifs is 1. The summed E-state index contributed by atoms with van der Waals surface area (Å²) < 4.78 is 46.0. The molecule has 1 aliphatic heterocycles. The molecule has 182 valence electrons. The van der Waals surface area contributed by atoms with Crippen LogP contribution in [-0.4, -0.2) is 44.8 Å². The van der Waals surface area contributed by atoms with Crippen LogP contribution in [0.25, 0.3) is 22.2 Å². The van der Waals surface area contributed by atoms with Crippen LogP contribution in [0, 0.1) is 0 Å². The number of rotatable bonds is 8. The average Bonchev–Trinajstić information content (AvgIpc) is 3.05. The Hall–Kier alpha value is -2.75. The highest BCUT2D eigenvalue weighted by Gasteiger charge is 2.27. The van der Waals surface area contributed by atoms with E-state index in [0.29, 0.717) is 43.8 Å². The van der Waals surface area contributed by atoms with E-state index in [1.807, 2.05) is 31.2 Å². The van der Waals surface area contributed by atoms with Crippen LogP contribution in [0.3, 0.4) is 0 Å². The van der Waals surface area contributed by atoms with E-state index in [9.17, 15) is 8.42 Å². The summed E-state index contributed by atoms with van der Waals surface area (Å²) in [6.45, 7) is 3.14. The summed E-state index contributed by atoms with van der Waals surface area (Å²) in [5.41, 5.74) is 11.0. The van der Waals surface area contributed by atoms with Gasteiger partial charge in [0.05, 0.1) is 35.9 Å². The minimum absolute atomic E-state index is 0.0983. The number of hydrogen-bond acceptors (Lipinski definition) is 6. The van der Waals surface area contributed by atoms with Crippen LogP contribution in [0.4, 0.5) is 11.4 Å². The summed E-state index contributed by atoms with van der Waals surface area (Å²) in [7, 11) is -3.34. The van der Waals surface area contributed by atoms with Crippen molar-refractivity contribution < 1.29 is 22.6 Å². The van der Waals surface area contributed by atoms with Gasteiger partial charge in [0.1, 0.15) is 18.6 Å². The lowest BCUT2D eigenvalue weighted by atomic mass is 9.92. The maximum atomic E-state index is 12.1. The SMILES string of the molecule is CCCS(=O)(=O)Nc1ccc(-c2c(N)c3cc(OC4COCOC4)ccc3n2C2CCC2)cc1.